The molecule has 0 nitrogen and oxygen atoms in total. The van der Waals surface area contributed by atoms with Crippen LogP contribution in [-0.2, 0) is 5.41 Å². The summed E-state index contributed by atoms with van der Waals surface area (Å²) in [5.74, 6) is 1.36. The van der Waals surface area contributed by atoms with Crippen LogP contribution in [0.25, 0.3) is 11.1 Å². The zero-order valence-corrected chi connectivity index (χ0v) is 15.6. The fraction of sp³-hybridized carbons (Fsp3) is 0.429. The molecule has 0 aliphatic heterocycles. The first kappa shape index (κ1) is 15.8. The molecule has 1 heteroatoms. The van der Waals surface area contributed by atoms with E-state index in [-0.39, 0.29) is 5.41 Å². The van der Waals surface area contributed by atoms with Gasteiger partial charge in [0.05, 0.1) is 0 Å². The molecule has 0 unspecified atom stereocenters. The van der Waals surface area contributed by atoms with Crippen molar-refractivity contribution in [3.05, 3.63) is 58.1 Å². The molecule has 116 valence electrons. The van der Waals surface area contributed by atoms with Crippen molar-refractivity contribution in [3.63, 3.8) is 0 Å². The van der Waals surface area contributed by atoms with Crippen LogP contribution >= 0.6 is 15.9 Å². The maximum Gasteiger partial charge on any atom is 0.0220 e. The summed E-state index contributed by atoms with van der Waals surface area (Å²) in [6, 6.07) is 15.9. The predicted octanol–water partition coefficient (Wildman–Crippen LogP) is 6.81. The lowest BCUT2D eigenvalue weighted by atomic mass is 9.68. The Balaban J connectivity index is 2.29. The van der Waals surface area contributed by atoms with E-state index in [4.69, 9.17) is 0 Å². The Kier molecular flexibility index (Phi) is 4.20. The minimum atomic E-state index is 0.165. The molecule has 0 bridgehead atoms. The van der Waals surface area contributed by atoms with E-state index in [1.165, 1.54) is 39.6 Å². The zero-order valence-electron chi connectivity index (χ0n) is 14.0. The SMILES string of the molecule is CC(C)CC1(CC(C)C)c2ccccc2-c2ccc(Br)cc21. The minimum Gasteiger partial charge on any atom is -0.0627 e. The molecule has 22 heavy (non-hydrogen) atoms. The molecule has 1 aliphatic carbocycles. The topological polar surface area (TPSA) is 0 Å². The fourth-order valence-corrected chi connectivity index (χ4v) is 4.71. The largest absolute Gasteiger partial charge is 0.0627 e. The maximum absolute atomic E-state index is 3.69. The van der Waals surface area contributed by atoms with Crippen molar-refractivity contribution in [1.29, 1.82) is 0 Å². The van der Waals surface area contributed by atoms with Crippen LogP contribution in [0.15, 0.2) is 46.9 Å². The van der Waals surface area contributed by atoms with Crippen LogP contribution in [0.1, 0.15) is 51.7 Å². The lowest BCUT2D eigenvalue weighted by Crippen LogP contribution is -2.29. The predicted molar refractivity (Wildman–Crippen MR) is 99.3 cm³/mol. The summed E-state index contributed by atoms with van der Waals surface area (Å²) in [6.45, 7) is 9.39. The van der Waals surface area contributed by atoms with Gasteiger partial charge in [0.25, 0.3) is 0 Å². The second kappa shape index (κ2) is 5.85. The van der Waals surface area contributed by atoms with Crippen molar-refractivity contribution >= 4 is 15.9 Å². The van der Waals surface area contributed by atoms with Gasteiger partial charge in [-0.05, 0) is 59.1 Å². The third-order valence-corrected chi connectivity index (χ3v) is 5.24. The highest BCUT2D eigenvalue weighted by Gasteiger charge is 2.43. The van der Waals surface area contributed by atoms with Crippen LogP contribution in [0.5, 0.6) is 0 Å². The molecule has 0 aromatic heterocycles. The van der Waals surface area contributed by atoms with Crippen molar-refractivity contribution in [2.75, 3.05) is 0 Å². The molecule has 2 aromatic rings. The van der Waals surface area contributed by atoms with Crippen LogP contribution < -0.4 is 0 Å². The van der Waals surface area contributed by atoms with E-state index in [2.05, 4.69) is 86.1 Å². The lowest BCUT2D eigenvalue weighted by Gasteiger charge is -2.35. The number of hydrogen-bond acceptors (Lipinski definition) is 0. The van der Waals surface area contributed by atoms with Crippen LogP contribution in [0.2, 0.25) is 0 Å². The van der Waals surface area contributed by atoms with Gasteiger partial charge in [0.2, 0.25) is 0 Å². The normalized spacial score (nSPS) is 15.2. The highest BCUT2D eigenvalue weighted by molar-refractivity contribution is 9.10. The Labute approximate surface area is 143 Å². The van der Waals surface area contributed by atoms with Crippen molar-refractivity contribution < 1.29 is 0 Å². The first-order chi connectivity index (χ1) is 10.4. The molecule has 0 N–H and O–H groups in total. The molecule has 0 fully saturated rings. The van der Waals surface area contributed by atoms with E-state index < -0.39 is 0 Å². The van der Waals surface area contributed by atoms with Gasteiger partial charge in [-0.25, -0.2) is 0 Å². The zero-order chi connectivity index (χ0) is 15.9. The van der Waals surface area contributed by atoms with E-state index in [9.17, 15) is 0 Å². The van der Waals surface area contributed by atoms with E-state index >= 15 is 0 Å². The molecular weight excluding hydrogens is 332 g/mol. The summed E-state index contributed by atoms with van der Waals surface area (Å²) in [7, 11) is 0. The minimum absolute atomic E-state index is 0.165. The van der Waals surface area contributed by atoms with Gasteiger partial charge in [0.1, 0.15) is 0 Å². The summed E-state index contributed by atoms with van der Waals surface area (Å²) in [5, 5.41) is 0. The molecule has 0 amide bonds. The average molecular weight is 357 g/mol. The quantitative estimate of drug-likeness (QED) is 0.564. The highest BCUT2D eigenvalue weighted by Crippen LogP contribution is 2.55. The smallest absolute Gasteiger partial charge is 0.0220 e. The molecular formula is C21H25Br. The molecule has 0 heterocycles. The summed E-state index contributed by atoms with van der Waals surface area (Å²) in [6.07, 6.45) is 2.43. The monoisotopic (exact) mass is 356 g/mol. The number of hydrogen-bond donors (Lipinski definition) is 0. The number of fused-ring (bicyclic) bond motifs is 3. The second-order valence-electron chi connectivity index (χ2n) is 7.51. The Morgan fingerprint density at radius 1 is 0.818 bits per heavy atom. The molecule has 2 aromatic carbocycles. The number of rotatable bonds is 4. The Bertz CT molecular complexity index is 672. The molecule has 0 atom stereocenters. The molecule has 3 rings (SSSR count). The number of halogens is 1. The second-order valence-corrected chi connectivity index (χ2v) is 8.43. The van der Waals surface area contributed by atoms with Gasteiger partial charge in [-0.1, -0.05) is 74.0 Å². The van der Waals surface area contributed by atoms with Crippen molar-refractivity contribution in [2.45, 2.75) is 46.0 Å². The van der Waals surface area contributed by atoms with Gasteiger partial charge in [-0.2, -0.15) is 0 Å². The Morgan fingerprint density at radius 2 is 1.41 bits per heavy atom. The first-order valence-electron chi connectivity index (χ1n) is 8.34. The van der Waals surface area contributed by atoms with E-state index in [1.54, 1.807) is 0 Å². The van der Waals surface area contributed by atoms with Crippen LogP contribution in [0, 0.1) is 11.8 Å². The lowest BCUT2D eigenvalue weighted by molar-refractivity contribution is 0.337. The van der Waals surface area contributed by atoms with E-state index in [0.717, 1.165) is 0 Å². The first-order valence-corrected chi connectivity index (χ1v) is 9.13. The summed E-state index contributed by atoms with van der Waals surface area (Å²) < 4.78 is 1.19. The van der Waals surface area contributed by atoms with Crippen molar-refractivity contribution in [1.82, 2.24) is 0 Å². The van der Waals surface area contributed by atoms with Crippen LogP contribution in [0.3, 0.4) is 0 Å². The van der Waals surface area contributed by atoms with Crippen LogP contribution in [0.4, 0.5) is 0 Å². The van der Waals surface area contributed by atoms with Gasteiger partial charge in [0, 0.05) is 9.89 Å². The molecule has 1 aliphatic rings. The van der Waals surface area contributed by atoms with Gasteiger partial charge < -0.3 is 0 Å². The van der Waals surface area contributed by atoms with E-state index in [1.807, 2.05) is 0 Å². The Hall–Kier alpha value is -1.08. The van der Waals surface area contributed by atoms with Crippen LogP contribution in [-0.4, -0.2) is 0 Å². The summed E-state index contributed by atoms with van der Waals surface area (Å²) >= 11 is 3.69. The average Bonchev–Trinajstić information content (AvgIpc) is 2.68. The number of benzene rings is 2. The molecule has 0 saturated carbocycles. The third kappa shape index (κ3) is 2.54. The third-order valence-electron chi connectivity index (χ3n) is 4.74. The summed E-state index contributed by atoms with van der Waals surface area (Å²) in [4.78, 5) is 0. The Morgan fingerprint density at radius 3 is 2.05 bits per heavy atom. The molecule has 0 saturated heterocycles. The standard InChI is InChI=1S/C21H25Br/c1-14(2)12-21(13-15(3)4)19-8-6-5-7-17(19)18-10-9-16(22)11-20(18)21/h5-11,14-15H,12-13H2,1-4H3. The van der Waals surface area contributed by atoms with Gasteiger partial charge in [0.15, 0.2) is 0 Å². The molecule has 0 spiro atoms. The van der Waals surface area contributed by atoms with Crippen molar-refractivity contribution in [3.8, 4) is 11.1 Å². The van der Waals surface area contributed by atoms with Gasteiger partial charge in [-0.15, -0.1) is 0 Å². The van der Waals surface area contributed by atoms with Gasteiger partial charge in [-0.3, -0.25) is 0 Å². The highest BCUT2D eigenvalue weighted by atomic mass is 79.9. The van der Waals surface area contributed by atoms with Gasteiger partial charge >= 0.3 is 0 Å². The van der Waals surface area contributed by atoms with E-state index in [0.29, 0.717) is 11.8 Å². The maximum atomic E-state index is 3.69. The summed E-state index contributed by atoms with van der Waals surface area (Å²) in [5.41, 5.74) is 6.08. The molecule has 0 radical (unpaired) electrons. The fourth-order valence-electron chi connectivity index (χ4n) is 4.34. The van der Waals surface area contributed by atoms with Crippen molar-refractivity contribution in [2.24, 2.45) is 11.8 Å².